The molecule has 1 atom stereocenters. The van der Waals surface area contributed by atoms with Crippen molar-refractivity contribution >= 4 is 32.9 Å². The molecule has 0 amide bonds. The molecule has 1 aromatic heterocycles. The van der Waals surface area contributed by atoms with Crippen LogP contribution in [0.5, 0.6) is 0 Å². The lowest BCUT2D eigenvalue weighted by Crippen LogP contribution is -2.18. The van der Waals surface area contributed by atoms with Gasteiger partial charge in [0.1, 0.15) is 0 Å². The van der Waals surface area contributed by atoms with Gasteiger partial charge in [-0.05, 0) is 45.4 Å². The van der Waals surface area contributed by atoms with Crippen molar-refractivity contribution in [1.29, 1.82) is 0 Å². The Morgan fingerprint density at radius 2 is 1.93 bits per heavy atom. The molecule has 2 rings (SSSR count). The van der Waals surface area contributed by atoms with Crippen molar-refractivity contribution in [3.05, 3.63) is 49.5 Å². The number of nitrogens with zero attached hydrogens (tertiary/aromatic N) is 1. The SMILES string of the molecule is CC(c1ccccc1)n1c(=O)ssc1=S. The van der Waals surface area contributed by atoms with Gasteiger partial charge in [-0.1, -0.05) is 30.3 Å². The van der Waals surface area contributed by atoms with E-state index in [1.165, 1.54) is 20.7 Å². The van der Waals surface area contributed by atoms with E-state index in [9.17, 15) is 4.79 Å². The molecule has 0 N–H and O–H groups in total. The number of benzene rings is 1. The molecule has 0 bridgehead atoms. The van der Waals surface area contributed by atoms with E-state index in [0.717, 1.165) is 5.56 Å². The Balaban J connectivity index is 2.50. The fourth-order valence-corrected chi connectivity index (χ4v) is 3.79. The van der Waals surface area contributed by atoms with E-state index < -0.39 is 0 Å². The highest BCUT2D eigenvalue weighted by Gasteiger charge is 2.11. The second kappa shape index (κ2) is 4.38. The average Bonchev–Trinajstić information content (AvgIpc) is 2.59. The topological polar surface area (TPSA) is 22.0 Å². The monoisotopic (exact) mass is 255 g/mol. The van der Waals surface area contributed by atoms with Crippen LogP contribution in [0.25, 0.3) is 0 Å². The molecule has 1 aromatic carbocycles. The van der Waals surface area contributed by atoms with Crippen molar-refractivity contribution in [1.82, 2.24) is 4.57 Å². The van der Waals surface area contributed by atoms with Crippen LogP contribution in [0.15, 0.2) is 35.1 Å². The first-order valence-electron chi connectivity index (χ1n) is 4.47. The number of hydrogen-bond acceptors (Lipinski definition) is 4. The van der Waals surface area contributed by atoms with E-state index >= 15 is 0 Å². The van der Waals surface area contributed by atoms with Crippen LogP contribution in [-0.2, 0) is 0 Å². The summed E-state index contributed by atoms with van der Waals surface area (Å²) in [5.74, 6) is 0. The Morgan fingerprint density at radius 1 is 1.27 bits per heavy atom. The van der Waals surface area contributed by atoms with E-state index in [0.29, 0.717) is 3.95 Å². The van der Waals surface area contributed by atoms with Crippen LogP contribution in [0.4, 0.5) is 0 Å². The van der Waals surface area contributed by atoms with Crippen molar-refractivity contribution in [2.45, 2.75) is 13.0 Å². The van der Waals surface area contributed by atoms with Gasteiger partial charge in [-0.3, -0.25) is 9.36 Å². The minimum absolute atomic E-state index is 0.0219. The third-order valence-electron chi connectivity index (χ3n) is 2.25. The zero-order valence-corrected chi connectivity index (χ0v) is 10.5. The van der Waals surface area contributed by atoms with E-state index in [2.05, 4.69) is 0 Å². The fraction of sp³-hybridized carbons (Fsp3) is 0.200. The van der Waals surface area contributed by atoms with Gasteiger partial charge in [0.25, 0.3) is 0 Å². The molecule has 0 radical (unpaired) electrons. The quantitative estimate of drug-likeness (QED) is 0.606. The Bertz CT molecular complexity index is 524. The van der Waals surface area contributed by atoms with Gasteiger partial charge in [0, 0.05) is 0 Å². The van der Waals surface area contributed by atoms with Crippen LogP contribution in [0.1, 0.15) is 18.5 Å². The standard InChI is InChI=1S/C10H9NOS3/c1-7(8-5-3-2-4-6-8)11-9(12)14-15-10(11)13/h2-7H,1H3. The zero-order chi connectivity index (χ0) is 10.8. The molecule has 0 saturated carbocycles. The first-order chi connectivity index (χ1) is 7.20. The summed E-state index contributed by atoms with van der Waals surface area (Å²) in [7, 11) is 2.56. The third kappa shape index (κ3) is 2.09. The summed E-state index contributed by atoms with van der Waals surface area (Å²) in [5.41, 5.74) is 1.11. The average molecular weight is 255 g/mol. The molecule has 2 nitrogen and oxygen atoms in total. The second-order valence-electron chi connectivity index (χ2n) is 3.16. The smallest absolute Gasteiger partial charge is 0.273 e. The van der Waals surface area contributed by atoms with E-state index in [4.69, 9.17) is 12.2 Å². The van der Waals surface area contributed by atoms with E-state index in [1.54, 1.807) is 4.57 Å². The van der Waals surface area contributed by atoms with Crippen molar-refractivity contribution in [3.63, 3.8) is 0 Å². The van der Waals surface area contributed by atoms with Crippen LogP contribution in [0, 0.1) is 3.95 Å². The van der Waals surface area contributed by atoms with Gasteiger partial charge in [-0.2, -0.15) is 0 Å². The Hall–Kier alpha value is -0.780. The summed E-state index contributed by atoms with van der Waals surface area (Å²) in [4.78, 5) is 11.6. The highest BCUT2D eigenvalue weighted by molar-refractivity contribution is 7.79. The lowest BCUT2D eigenvalue weighted by molar-refractivity contribution is 0.626. The van der Waals surface area contributed by atoms with Gasteiger partial charge < -0.3 is 0 Å². The molecule has 1 heterocycles. The summed E-state index contributed by atoms with van der Waals surface area (Å²) in [6, 6.07) is 9.94. The molecule has 1 unspecified atom stereocenters. The van der Waals surface area contributed by atoms with Gasteiger partial charge in [-0.15, -0.1) is 0 Å². The molecule has 2 aromatic rings. The summed E-state index contributed by atoms with van der Waals surface area (Å²) in [5, 5.41) is 0. The van der Waals surface area contributed by atoms with Crippen LogP contribution in [0.2, 0.25) is 0 Å². The molecule has 0 aliphatic rings. The van der Waals surface area contributed by atoms with Crippen molar-refractivity contribution in [2.24, 2.45) is 0 Å². The number of rotatable bonds is 2. The first-order valence-corrected chi connectivity index (χ1v) is 7.02. The predicted molar refractivity (Wildman–Crippen MR) is 67.5 cm³/mol. The molecule has 15 heavy (non-hydrogen) atoms. The Kier molecular flexibility index (Phi) is 3.14. The lowest BCUT2D eigenvalue weighted by atomic mass is 10.1. The predicted octanol–water partition coefficient (Wildman–Crippen LogP) is 3.31. The van der Waals surface area contributed by atoms with Gasteiger partial charge >= 0.3 is 4.87 Å². The molecule has 0 aliphatic heterocycles. The van der Waals surface area contributed by atoms with Gasteiger partial charge in [-0.25, -0.2) is 0 Å². The van der Waals surface area contributed by atoms with Crippen LogP contribution in [0.3, 0.4) is 0 Å². The molecule has 5 heteroatoms. The molecular weight excluding hydrogens is 246 g/mol. The highest BCUT2D eigenvalue weighted by Crippen LogP contribution is 2.18. The zero-order valence-electron chi connectivity index (χ0n) is 8.04. The molecule has 78 valence electrons. The van der Waals surface area contributed by atoms with Gasteiger partial charge in [0.15, 0.2) is 3.95 Å². The van der Waals surface area contributed by atoms with Crippen molar-refractivity contribution in [2.75, 3.05) is 0 Å². The maximum absolute atomic E-state index is 11.6. The van der Waals surface area contributed by atoms with E-state index in [1.807, 2.05) is 37.3 Å². The van der Waals surface area contributed by atoms with Gasteiger partial charge in [0.2, 0.25) is 0 Å². The number of aromatic nitrogens is 1. The Morgan fingerprint density at radius 3 is 2.47 bits per heavy atom. The lowest BCUT2D eigenvalue weighted by Gasteiger charge is -2.11. The minimum Gasteiger partial charge on any atom is -0.273 e. The Labute approximate surface area is 99.8 Å². The minimum atomic E-state index is 0.0219. The molecule has 0 spiro atoms. The maximum atomic E-state index is 11.6. The van der Waals surface area contributed by atoms with Crippen LogP contribution < -0.4 is 4.87 Å². The number of hydrogen-bond donors (Lipinski definition) is 0. The van der Waals surface area contributed by atoms with Crippen molar-refractivity contribution in [3.8, 4) is 0 Å². The van der Waals surface area contributed by atoms with Crippen LogP contribution in [-0.4, -0.2) is 4.57 Å². The molecular formula is C10H9NOS3. The van der Waals surface area contributed by atoms with Crippen LogP contribution >= 0.6 is 32.9 Å². The summed E-state index contributed by atoms with van der Waals surface area (Å²) < 4.78 is 2.32. The fourth-order valence-electron chi connectivity index (χ4n) is 1.42. The summed E-state index contributed by atoms with van der Waals surface area (Å²) in [6.07, 6.45) is 0. The molecule has 0 fully saturated rings. The third-order valence-corrected chi connectivity index (χ3v) is 4.92. The summed E-state index contributed by atoms with van der Waals surface area (Å²) >= 11 is 5.14. The normalized spacial score (nSPS) is 12.6. The highest BCUT2D eigenvalue weighted by atomic mass is 32.9. The molecule has 0 saturated heterocycles. The largest absolute Gasteiger partial charge is 0.319 e. The second-order valence-corrected chi connectivity index (χ2v) is 5.87. The van der Waals surface area contributed by atoms with Crippen molar-refractivity contribution < 1.29 is 0 Å². The van der Waals surface area contributed by atoms with E-state index in [-0.39, 0.29) is 10.9 Å². The maximum Gasteiger partial charge on any atom is 0.319 e. The first kappa shape index (κ1) is 10.7. The molecule has 0 aliphatic carbocycles. The summed E-state index contributed by atoms with van der Waals surface area (Å²) in [6.45, 7) is 1.99. The van der Waals surface area contributed by atoms with Gasteiger partial charge in [0.05, 0.1) is 6.04 Å².